The minimum Gasteiger partial charge on any atom is -0.491 e. The molecular weight excluding hydrogens is 392 g/mol. The first-order valence-corrected chi connectivity index (χ1v) is 10.9. The van der Waals surface area contributed by atoms with Gasteiger partial charge in [-0.15, -0.1) is 0 Å². The first-order valence-electron chi connectivity index (χ1n) is 7.98. The van der Waals surface area contributed by atoms with Gasteiger partial charge in [-0.2, -0.15) is 0 Å². The van der Waals surface area contributed by atoms with Crippen molar-refractivity contribution >= 4 is 25.7 Å². The zero-order valence-corrected chi connectivity index (χ0v) is 16.9. The second kappa shape index (κ2) is 8.70. The molecule has 2 rings (SSSR count). The topological polar surface area (TPSA) is 111 Å². The molecule has 0 spiro atoms. The van der Waals surface area contributed by atoms with Crippen LogP contribution in [-0.4, -0.2) is 44.2 Å². The molecule has 0 aliphatic heterocycles. The lowest BCUT2D eigenvalue weighted by Crippen LogP contribution is -2.18. The van der Waals surface area contributed by atoms with Gasteiger partial charge in [0, 0.05) is 12.8 Å². The third kappa shape index (κ3) is 5.42. The van der Waals surface area contributed by atoms with Crippen LogP contribution in [0.4, 0.5) is 5.69 Å². The molecule has 0 unspecified atom stereocenters. The molecule has 2 aromatic rings. The van der Waals surface area contributed by atoms with E-state index in [1.807, 2.05) is 0 Å². The van der Waals surface area contributed by atoms with Crippen molar-refractivity contribution in [3.63, 3.8) is 0 Å². The van der Waals surface area contributed by atoms with Gasteiger partial charge in [0.1, 0.15) is 12.4 Å². The summed E-state index contributed by atoms with van der Waals surface area (Å²) >= 11 is 0. The Kier molecular flexibility index (Phi) is 6.82. The average Bonchev–Trinajstić information content (AvgIpc) is 2.63. The molecule has 10 heteroatoms. The van der Waals surface area contributed by atoms with E-state index in [1.54, 1.807) is 20.1 Å². The third-order valence-electron chi connectivity index (χ3n) is 3.69. The van der Waals surface area contributed by atoms with Gasteiger partial charge in [0.05, 0.1) is 16.4 Å². The summed E-state index contributed by atoms with van der Waals surface area (Å²) in [6.07, 6.45) is 0. The van der Waals surface area contributed by atoms with E-state index in [-0.39, 0.29) is 15.5 Å². The fraction of sp³-hybridized carbons (Fsp3) is 0.294. The van der Waals surface area contributed by atoms with Crippen molar-refractivity contribution in [2.75, 3.05) is 32.1 Å². The summed E-state index contributed by atoms with van der Waals surface area (Å²) in [7, 11) is -4.54. The number of hydrogen-bond acceptors (Lipinski definition) is 6. The van der Waals surface area contributed by atoms with Crippen molar-refractivity contribution in [1.29, 1.82) is 0 Å². The van der Waals surface area contributed by atoms with Crippen LogP contribution in [0.15, 0.2) is 52.3 Å². The Bertz CT molecular complexity index is 987. The smallest absolute Gasteiger partial charge is 0.261 e. The molecule has 0 saturated carbocycles. The summed E-state index contributed by atoms with van der Waals surface area (Å²) in [5, 5.41) is 0. The largest absolute Gasteiger partial charge is 0.491 e. The summed E-state index contributed by atoms with van der Waals surface area (Å²) < 4.78 is 63.6. The molecule has 8 nitrogen and oxygen atoms in total. The van der Waals surface area contributed by atoms with Crippen molar-refractivity contribution in [3.8, 4) is 5.75 Å². The molecule has 148 valence electrons. The van der Waals surface area contributed by atoms with Gasteiger partial charge < -0.3 is 9.47 Å². The number of aryl methyl sites for hydroxylation is 1. The second-order valence-corrected chi connectivity index (χ2v) is 9.17. The Hall–Kier alpha value is -2.14. The van der Waals surface area contributed by atoms with E-state index >= 15 is 0 Å². The van der Waals surface area contributed by atoms with E-state index < -0.39 is 20.0 Å². The molecular formula is C17H22N2O6S2. The van der Waals surface area contributed by atoms with E-state index in [0.717, 1.165) is 0 Å². The molecule has 0 radical (unpaired) electrons. The van der Waals surface area contributed by atoms with Crippen molar-refractivity contribution in [2.45, 2.75) is 16.7 Å². The van der Waals surface area contributed by atoms with Gasteiger partial charge in [0.15, 0.2) is 0 Å². The summed E-state index contributed by atoms with van der Waals surface area (Å²) in [6.45, 7) is 2.54. The second-order valence-electron chi connectivity index (χ2n) is 5.61. The van der Waals surface area contributed by atoms with Crippen molar-refractivity contribution in [3.05, 3.63) is 48.0 Å². The Morgan fingerprint density at radius 1 is 0.889 bits per heavy atom. The predicted molar refractivity (Wildman–Crippen MR) is 102 cm³/mol. The van der Waals surface area contributed by atoms with Crippen LogP contribution in [0.1, 0.15) is 5.56 Å². The summed E-state index contributed by atoms with van der Waals surface area (Å²) in [4.78, 5) is 0.118. The predicted octanol–water partition coefficient (Wildman–Crippen LogP) is 1.73. The van der Waals surface area contributed by atoms with Gasteiger partial charge in [0.2, 0.25) is 10.0 Å². The van der Waals surface area contributed by atoms with Crippen LogP contribution in [0.25, 0.3) is 0 Å². The first-order chi connectivity index (χ1) is 12.7. The Morgan fingerprint density at radius 2 is 1.52 bits per heavy atom. The number of sulfonamides is 2. The van der Waals surface area contributed by atoms with E-state index in [0.29, 0.717) is 24.5 Å². The highest BCUT2D eigenvalue weighted by Crippen LogP contribution is 2.24. The lowest BCUT2D eigenvalue weighted by Gasteiger charge is -2.12. The van der Waals surface area contributed by atoms with Crippen LogP contribution in [0.2, 0.25) is 0 Å². The fourth-order valence-corrected chi connectivity index (χ4v) is 4.09. The highest BCUT2D eigenvalue weighted by Gasteiger charge is 2.17. The Labute approximate surface area is 159 Å². The molecule has 0 heterocycles. The van der Waals surface area contributed by atoms with Crippen LogP contribution in [-0.2, 0) is 24.8 Å². The highest BCUT2D eigenvalue weighted by atomic mass is 32.2. The van der Waals surface area contributed by atoms with Gasteiger partial charge in [-0.25, -0.2) is 21.6 Å². The molecule has 0 aliphatic rings. The average molecular weight is 415 g/mol. The van der Waals surface area contributed by atoms with Crippen LogP contribution >= 0.6 is 0 Å². The zero-order chi connectivity index (χ0) is 20.1. The lowest BCUT2D eigenvalue weighted by atomic mass is 10.2. The number of hydrogen-bond donors (Lipinski definition) is 2. The highest BCUT2D eigenvalue weighted by molar-refractivity contribution is 7.92. The molecule has 0 aliphatic carbocycles. The maximum absolute atomic E-state index is 12.6. The first kappa shape index (κ1) is 21.2. The van der Waals surface area contributed by atoms with Gasteiger partial charge in [-0.05, 0) is 62.0 Å². The van der Waals surface area contributed by atoms with Crippen LogP contribution < -0.4 is 14.2 Å². The molecule has 0 fully saturated rings. The summed E-state index contributed by atoms with van der Waals surface area (Å²) in [6, 6.07) is 9.95. The third-order valence-corrected chi connectivity index (χ3v) is 6.50. The van der Waals surface area contributed by atoms with Gasteiger partial charge in [-0.3, -0.25) is 4.72 Å². The van der Waals surface area contributed by atoms with Gasteiger partial charge in [-0.1, -0.05) is 0 Å². The van der Waals surface area contributed by atoms with Crippen LogP contribution in [0, 0.1) is 6.92 Å². The zero-order valence-electron chi connectivity index (χ0n) is 15.2. The van der Waals surface area contributed by atoms with E-state index in [2.05, 4.69) is 9.44 Å². The van der Waals surface area contributed by atoms with Crippen LogP contribution in [0.3, 0.4) is 0 Å². The molecule has 27 heavy (non-hydrogen) atoms. The Balaban J connectivity index is 2.18. The number of ether oxygens (including phenoxy) is 2. The maximum atomic E-state index is 12.6. The number of methoxy groups -OCH3 is 1. The molecule has 0 bridgehead atoms. The van der Waals surface area contributed by atoms with Crippen molar-refractivity contribution in [1.82, 2.24) is 4.72 Å². The normalized spacial score (nSPS) is 12.0. The lowest BCUT2D eigenvalue weighted by molar-refractivity contribution is 0.146. The molecule has 0 saturated heterocycles. The number of benzene rings is 2. The molecule has 2 N–H and O–H groups in total. The number of nitrogens with one attached hydrogen (secondary N) is 2. The standard InChI is InChI=1S/C17H22N2O6S2/c1-13-12-16(8-9-17(13)25-11-10-24-3)27(22,23)19-14-4-6-15(7-5-14)26(20,21)18-2/h4-9,12,18-19H,10-11H2,1-3H3. The van der Waals surface area contributed by atoms with E-state index in [1.165, 1.54) is 43.4 Å². The molecule has 0 amide bonds. The minimum absolute atomic E-state index is 0.0429. The molecule has 0 atom stereocenters. The molecule has 0 aromatic heterocycles. The molecule has 2 aromatic carbocycles. The van der Waals surface area contributed by atoms with Gasteiger partial charge >= 0.3 is 0 Å². The Morgan fingerprint density at radius 3 is 2.07 bits per heavy atom. The number of anilines is 1. The van der Waals surface area contributed by atoms with Crippen molar-refractivity contribution in [2.24, 2.45) is 0 Å². The quantitative estimate of drug-likeness (QED) is 0.605. The number of rotatable bonds is 9. The minimum atomic E-state index is -3.83. The maximum Gasteiger partial charge on any atom is 0.261 e. The monoisotopic (exact) mass is 414 g/mol. The van der Waals surface area contributed by atoms with Crippen molar-refractivity contribution < 1.29 is 26.3 Å². The summed E-state index contributed by atoms with van der Waals surface area (Å²) in [5.74, 6) is 0.577. The van der Waals surface area contributed by atoms with E-state index in [4.69, 9.17) is 9.47 Å². The summed E-state index contributed by atoms with van der Waals surface area (Å²) in [5.41, 5.74) is 0.924. The van der Waals surface area contributed by atoms with E-state index in [9.17, 15) is 16.8 Å². The fourth-order valence-electron chi connectivity index (χ4n) is 2.22. The SMILES string of the molecule is CNS(=O)(=O)c1ccc(NS(=O)(=O)c2ccc(OCCOC)c(C)c2)cc1. The van der Waals surface area contributed by atoms with Gasteiger partial charge in [0.25, 0.3) is 10.0 Å². The van der Waals surface area contributed by atoms with Crippen LogP contribution in [0.5, 0.6) is 5.75 Å².